The third-order valence-electron chi connectivity index (χ3n) is 4.33. The number of anilines is 2. The first kappa shape index (κ1) is 16.3. The van der Waals surface area contributed by atoms with Crippen LogP contribution in [-0.2, 0) is 13.6 Å². The molecule has 3 heterocycles. The molecule has 1 aromatic carbocycles. The maximum absolute atomic E-state index is 4.65. The molecule has 4 rings (SSSR count). The fourth-order valence-corrected chi connectivity index (χ4v) is 3.06. The van der Waals surface area contributed by atoms with Gasteiger partial charge in [-0.2, -0.15) is 15.2 Å². The van der Waals surface area contributed by atoms with Crippen LogP contribution in [-0.4, -0.2) is 29.5 Å². The fraction of sp³-hybridized carbons (Fsp3) is 0.263. The molecule has 0 aliphatic heterocycles. The second-order valence-electron chi connectivity index (χ2n) is 6.66. The Morgan fingerprint density at radius 2 is 1.92 bits per heavy atom. The van der Waals surface area contributed by atoms with Crippen LogP contribution in [0.15, 0.2) is 49.1 Å². The van der Waals surface area contributed by atoms with E-state index in [2.05, 4.69) is 63.6 Å². The Hall–Kier alpha value is -3.22. The highest BCUT2D eigenvalue weighted by atomic mass is 15.3. The van der Waals surface area contributed by atoms with Gasteiger partial charge < -0.3 is 5.32 Å². The number of aryl methyl sites for hydroxylation is 1. The third kappa shape index (κ3) is 3.15. The molecular weight excluding hydrogens is 326 g/mol. The van der Waals surface area contributed by atoms with E-state index in [0.717, 1.165) is 16.7 Å². The van der Waals surface area contributed by atoms with Crippen LogP contribution in [0, 0.1) is 0 Å². The molecule has 7 nitrogen and oxygen atoms in total. The number of benzene rings is 1. The predicted octanol–water partition coefficient (Wildman–Crippen LogP) is 3.48. The zero-order valence-corrected chi connectivity index (χ0v) is 15.1. The Morgan fingerprint density at radius 1 is 1.08 bits per heavy atom. The zero-order valence-electron chi connectivity index (χ0n) is 15.1. The maximum Gasteiger partial charge on any atom is 0.229 e. The molecule has 7 heteroatoms. The van der Waals surface area contributed by atoms with E-state index in [1.807, 2.05) is 17.9 Å². The zero-order chi connectivity index (χ0) is 18.1. The molecule has 132 valence electrons. The lowest BCUT2D eigenvalue weighted by molar-refractivity contribution is 0.690. The molecule has 0 fully saturated rings. The summed E-state index contributed by atoms with van der Waals surface area (Å²) in [5, 5.41) is 12.8. The van der Waals surface area contributed by atoms with Crippen molar-refractivity contribution in [1.29, 1.82) is 0 Å². The first-order valence-electron chi connectivity index (χ1n) is 8.62. The summed E-state index contributed by atoms with van der Waals surface area (Å²) >= 11 is 0. The van der Waals surface area contributed by atoms with Crippen molar-refractivity contribution in [1.82, 2.24) is 29.5 Å². The van der Waals surface area contributed by atoms with Gasteiger partial charge in [-0.25, -0.2) is 9.67 Å². The number of rotatable bonds is 5. The molecule has 1 N–H and O–H groups in total. The monoisotopic (exact) mass is 347 g/mol. The van der Waals surface area contributed by atoms with E-state index < -0.39 is 0 Å². The van der Waals surface area contributed by atoms with Gasteiger partial charge >= 0.3 is 0 Å². The summed E-state index contributed by atoms with van der Waals surface area (Å²) in [5.41, 5.74) is 4.25. The van der Waals surface area contributed by atoms with Crippen LogP contribution in [0.1, 0.15) is 30.9 Å². The minimum absolute atomic E-state index is 0.463. The van der Waals surface area contributed by atoms with E-state index in [1.54, 1.807) is 23.3 Å². The molecule has 4 aromatic rings. The van der Waals surface area contributed by atoms with Gasteiger partial charge in [0.15, 0.2) is 5.65 Å². The van der Waals surface area contributed by atoms with Crippen molar-refractivity contribution in [2.45, 2.75) is 26.3 Å². The Labute approximate surface area is 151 Å². The number of fused-ring (bicyclic) bond motifs is 1. The molecule has 0 spiro atoms. The summed E-state index contributed by atoms with van der Waals surface area (Å²) in [6.45, 7) is 5.09. The second kappa shape index (κ2) is 6.59. The van der Waals surface area contributed by atoms with Crippen LogP contribution in [0.4, 0.5) is 11.6 Å². The Bertz CT molecular complexity index is 1040. The van der Waals surface area contributed by atoms with E-state index in [0.29, 0.717) is 18.4 Å². The van der Waals surface area contributed by atoms with Gasteiger partial charge in [0.05, 0.1) is 30.0 Å². The number of nitrogens with zero attached hydrogens (tertiary/aromatic N) is 6. The molecule has 0 radical (unpaired) electrons. The average molecular weight is 347 g/mol. The standard InChI is InChI=1S/C19H21N7/c1-13(2)17-7-5-4-6-14(17)11-26-18-15(9-22-26)8-20-19(24-18)23-16-10-21-25(3)12-16/h4-10,12-13H,11H2,1-3H3,(H,20,23,24). The second-order valence-corrected chi connectivity index (χ2v) is 6.66. The third-order valence-corrected chi connectivity index (χ3v) is 4.33. The van der Waals surface area contributed by atoms with Crippen LogP contribution in [0.25, 0.3) is 11.0 Å². The highest BCUT2D eigenvalue weighted by Crippen LogP contribution is 2.22. The molecule has 26 heavy (non-hydrogen) atoms. The van der Waals surface area contributed by atoms with Crippen molar-refractivity contribution in [2.24, 2.45) is 7.05 Å². The summed E-state index contributed by atoms with van der Waals surface area (Å²) in [7, 11) is 1.87. The molecule has 0 atom stereocenters. The number of aromatic nitrogens is 6. The summed E-state index contributed by atoms with van der Waals surface area (Å²) < 4.78 is 3.65. The summed E-state index contributed by atoms with van der Waals surface area (Å²) in [6.07, 6.45) is 7.22. The predicted molar refractivity (Wildman–Crippen MR) is 101 cm³/mol. The lowest BCUT2D eigenvalue weighted by atomic mass is 9.97. The van der Waals surface area contributed by atoms with E-state index in [9.17, 15) is 0 Å². The minimum atomic E-state index is 0.463. The SMILES string of the molecule is CC(C)c1ccccc1Cn1ncc2cnc(Nc3cnn(C)c3)nc21. The smallest absolute Gasteiger partial charge is 0.229 e. The number of hydrogen-bond acceptors (Lipinski definition) is 5. The maximum atomic E-state index is 4.65. The lowest BCUT2D eigenvalue weighted by Crippen LogP contribution is -2.07. The van der Waals surface area contributed by atoms with E-state index >= 15 is 0 Å². The highest BCUT2D eigenvalue weighted by Gasteiger charge is 2.11. The number of hydrogen-bond donors (Lipinski definition) is 1. The van der Waals surface area contributed by atoms with Crippen molar-refractivity contribution >= 4 is 22.7 Å². The van der Waals surface area contributed by atoms with Gasteiger partial charge in [-0.3, -0.25) is 4.68 Å². The Kier molecular flexibility index (Phi) is 4.12. The molecule has 0 aliphatic rings. The summed E-state index contributed by atoms with van der Waals surface area (Å²) in [6, 6.07) is 8.48. The molecule has 0 unspecified atom stereocenters. The van der Waals surface area contributed by atoms with Gasteiger partial charge in [0.2, 0.25) is 5.95 Å². The van der Waals surface area contributed by atoms with Crippen LogP contribution in [0.5, 0.6) is 0 Å². The van der Waals surface area contributed by atoms with Gasteiger partial charge in [0.1, 0.15) is 0 Å². The van der Waals surface area contributed by atoms with Crippen LogP contribution in [0.2, 0.25) is 0 Å². The summed E-state index contributed by atoms with van der Waals surface area (Å²) in [5.74, 6) is 0.995. The highest BCUT2D eigenvalue weighted by molar-refractivity contribution is 5.75. The van der Waals surface area contributed by atoms with Gasteiger partial charge in [0, 0.05) is 19.4 Å². The topological polar surface area (TPSA) is 73.5 Å². The van der Waals surface area contributed by atoms with Crippen molar-refractivity contribution < 1.29 is 0 Å². The Morgan fingerprint density at radius 3 is 2.69 bits per heavy atom. The van der Waals surface area contributed by atoms with Gasteiger partial charge in [0.25, 0.3) is 0 Å². The number of nitrogens with one attached hydrogen (secondary N) is 1. The average Bonchev–Trinajstić information content (AvgIpc) is 3.21. The lowest BCUT2D eigenvalue weighted by Gasteiger charge is -2.13. The van der Waals surface area contributed by atoms with Crippen molar-refractivity contribution in [3.8, 4) is 0 Å². The van der Waals surface area contributed by atoms with Crippen LogP contribution >= 0.6 is 0 Å². The van der Waals surface area contributed by atoms with Crippen LogP contribution in [0.3, 0.4) is 0 Å². The van der Waals surface area contributed by atoms with Crippen molar-refractivity contribution in [3.63, 3.8) is 0 Å². The van der Waals surface area contributed by atoms with E-state index in [-0.39, 0.29) is 0 Å². The molecule has 0 saturated carbocycles. The van der Waals surface area contributed by atoms with E-state index in [1.165, 1.54) is 11.1 Å². The molecule has 0 amide bonds. The first-order valence-corrected chi connectivity index (χ1v) is 8.62. The quantitative estimate of drug-likeness (QED) is 0.598. The fourth-order valence-electron chi connectivity index (χ4n) is 3.06. The normalized spacial score (nSPS) is 11.4. The molecule has 0 bridgehead atoms. The van der Waals surface area contributed by atoms with Crippen LogP contribution < -0.4 is 5.32 Å². The largest absolute Gasteiger partial charge is 0.321 e. The van der Waals surface area contributed by atoms with Gasteiger partial charge in [-0.05, 0) is 17.0 Å². The summed E-state index contributed by atoms with van der Waals surface area (Å²) in [4.78, 5) is 9.02. The molecular formula is C19H21N7. The first-order chi connectivity index (χ1) is 12.6. The molecule has 0 saturated heterocycles. The molecule has 3 aromatic heterocycles. The van der Waals surface area contributed by atoms with E-state index in [4.69, 9.17) is 0 Å². The minimum Gasteiger partial charge on any atom is -0.321 e. The van der Waals surface area contributed by atoms with Crippen molar-refractivity contribution in [2.75, 3.05) is 5.32 Å². The van der Waals surface area contributed by atoms with Gasteiger partial charge in [-0.1, -0.05) is 38.1 Å². The Balaban J connectivity index is 1.67. The van der Waals surface area contributed by atoms with Crippen molar-refractivity contribution in [3.05, 3.63) is 60.2 Å². The van der Waals surface area contributed by atoms with Gasteiger partial charge in [-0.15, -0.1) is 0 Å². The molecule has 0 aliphatic carbocycles.